The highest BCUT2D eigenvalue weighted by Gasteiger charge is 2.47. The van der Waals surface area contributed by atoms with E-state index in [1.807, 2.05) is 20.8 Å². The molecule has 0 aliphatic carbocycles. The predicted octanol–water partition coefficient (Wildman–Crippen LogP) is 3.48. The minimum atomic E-state index is -0.586. The molecule has 0 aliphatic heterocycles. The average molecular weight is 235 g/mol. The van der Waals surface area contributed by atoms with E-state index in [1.54, 1.807) is 7.11 Å². The molecule has 0 fully saturated rings. The van der Waals surface area contributed by atoms with E-state index in [9.17, 15) is 4.79 Å². The maximum Gasteiger partial charge on any atom is 0.230 e. The number of ether oxygens (including phenoxy) is 1. The minimum Gasteiger partial charge on any atom is -0.384 e. The number of hydrogen-bond donors (Lipinski definition) is 0. The molecule has 0 heterocycles. The van der Waals surface area contributed by atoms with E-state index >= 15 is 0 Å². The summed E-state index contributed by atoms with van der Waals surface area (Å²) >= 11 is 5.79. The molecular weight excluding hydrogens is 212 g/mol. The van der Waals surface area contributed by atoms with Gasteiger partial charge in [-0.1, -0.05) is 34.6 Å². The third-order valence-corrected chi connectivity index (χ3v) is 3.32. The van der Waals surface area contributed by atoms with E-state index in [0.29, 0.717) is 12.5 Å². The monoisotopic (exact) mass is 234 g/mol. The molecule has 15 heavy (non-hydrogen) atoms. The van der Waals surface area contributed by atoms with Crippen molar-refractivity contribution >= 4 is 16.8 Å². The van der Waals surface area contributed by atoms with Gasteiger partial charge in [0.1, 0.15) is 0 Å². The molecule has 0 aliphatic rings. The summed E-state index contributed by atoms with van der Waals surface area (Å²) < 4.78 is 5.19. The highest BCUT2D eigenvalue weighted by Crippen LogP contribution is 2.45. The van der Waals surface area contributed by atoms with E-state index in [1.165, 1.54) is 0 Å². The quantitative estimate of drug-likeness (QED) is 0.681. The molecular formula is C12H23ClO2. The Labute approximate surface area is 98.3 Å². The fraction of sp³-hybridized carbons (Fsp3) is 0.917. The summed E-state index contributed by atoms with van der Waals surface area (Å²) in [6.07, 6.45) is 0.757. The third-order valence-electron chi connectivity index (χ3n) is 2.96. The van der Waals surface area contributed by atoms with E-state index in [0.717, 1.165) is 6.42 Å². The van der Waals surface area contributed by atoms with Gasteiger partial charge in [-0.25, -0.2) is 0 Å². The van der Waals surface area contributed by atoms with Gasteiger partial charge in [0.2, 0.25) is 5.24 Å². The first-order valence-corrected chi connectivity index (χ1v) is 5.74. The van der Waals surface area contributed by atoms with Gasteiger partial charge in [-0.2, -0.15) is 0 Å². The molecule has 0 aromatic rings. The number of methoxy groups -OCH3 is 1. The molecule has 0 saturated heterocycles. The van der Waals surface area contributed by atoms with E-state index in [2.05, 4.69) is 13.8 Å². The lowest BCUT2D eigenvalue weighted by atomic mass is 9.64. The van der Waals surface area contributed by atoms with Gasteiger partial charge < -0.3 is 4.74 Å². The molecule has 0 bridgehead atoms. The second kappa shape index (κ2) is 5.31. The fourth-order valence-electron chi connectivity index (χ4n) is 1.96. The summed E-state index contributed by atoms with van der Waals surface area (Å²) in [5.41, 5.74) is -0.774. The highest BCUT2D eigenvalue weighted by molar-refractivity contribution is 6.64. The Bertz CT molecular complexity index is 218. The van der Waals surface area contributed by atoms with Crippen molar-refractivity contribution < 1.29 is 9.53 Å². The maximum absolute atomic E-state index is 11.7. The van der Waals surface area contributed by atoms with E-state index in [-0.39, 0.29) is 10.7 Å². The van der Waals surface area contributed by atoms with Crippen molar-refractivity contribution in [2.75, 3.05) is 13.7 Å². The zero-order valence-electron chi connectivity index (χ0n) is 10.7. The van der Waals surface area contributed by atoms with Gasteiger partial charge in [0.05, 0.1) is 12.0 Å². The predicted molar refractivity (Wildman–Crippen MR) is 64.1 cm³/mol. The Morgan fingerprint density at radius 2 is 1.80 bits per heavy atom. The van der Waals surface area contributed by atoms with Crippen LogP contribution < -0.4 is 0 Å². The Morgan fingerprint density at radius 3 is 2.00 bits per heavy atom. The molecule has 1 unspecified atom stereocenters. The SMILES string of the molecule is COCC(CC(C)C)(C(=O)Cl)C(C)(C)C. The first-order chi connectivity index (χ1) is 6.67. The lowest BCUT2D eigenvalue weighted by molar-refractivity contribution is -0.133. The van der Waals surface area contributed by atoms with Crippen molar-refractivity contribution in [3.8, 4) is 0 Å². The highest BCUT2D eigenvalue weighted by atomic mass is 35.5. The van der Waals surface area contributed by atoms with Gasteiger partial charge in [-0.15, -0.1) is 0 Å². The van der Waals surface area contributed by atoms with Crippen LogP contribution in [0.2, 0.25) is 0 Å². The molecule has 0 aromatic heterocycles. The Morgan fingerprint density at radius 1 is 1.33 bits per heavy atom. The molecule has 0 radical (unpaired) electrons. The Hall–Kier alpha value is -0.0800. The number of halogens is 1. The van der Waals surface area contributed by atoms with E-state index < -0.39 is 5.41 Å². The van der Waals surface area contributed by atoms with Crippen molar-refractivity contribution in [2.45, 2.75) is 41.0 Å². The second-order valence-electron chi connectivity index (χ2n) is 5.64. The molecule has 3 heteroatoms. The summed E-state index contributed by atoms with van der Waals surface area (Å²) in [5, 5.41) is -0.287. The smallest absolute Gasteiger partial charge is 0.230 e. The molecule has 0 rings (SSSR count). The molecule has 0 spiro atoms. The van der Waals surface area contributed by atoms with Crippen LogP contribution in [0.1, 0.15) is 41.0 Å². The lowest BCUT2D eigenvalue weighted by Crippen LogP contribution is -2.45. The number of carbonyl (C=O) groups is 1. The van der Waals surface area contributed by atoms with Crippen LogP contribution in [0.4, 0.5) is 0 Å². The van der Waals surface area contributed by atoms with Gasteiger partial charge in [0.15, 0.2) is 0 Å². The molecule has 1 atom stereocenters. The van der Waals surface area contributed by atoms with Crippen molar-refractivity contribution in [1.29, 1.82) is 0 Å². The van der Waals surface area contributed by atoms with Crippen molar-refractivity contribution in [3.05, 3.63) is 0 Å². The lowest BCUT2D eigenvalue weighted by Gasteiger charge is -2.42. The minimum absolute atomic E-state index is 0.188. The standard InChI is InChI=1S/C12H23ClO2/c1-9(2)7-12(8-15-6,10(13)14)11(3,4)5/h9H,7-8H2,1-6H3. The molecule has 0 saturated carbocycles. The van der Waals surface area contributed by atoms with Crippen LogP contribution in [0, 0.1) is 16.7 Å². The van der Waals surface area contributed by atoms with Gasteiger partial charge in [-0.05, 0) is 29.4 Å². The topological polar surface area (TPSA) is 26.3 Å². The van der Waals surface area contributed by atoms with Crippen molar-refractivity contribution in [3.63, 3.8) is 0 Å². The van der Waals surface area contributed by atoms with Crippen LogP contribution in [-0.2, 0) is 9.53 Å². The molecule has 2 nitrogen and oxygen atoms in total. The summed E-state index contributed by atoms with van der Waals surface area (Å²) in [7, 11) is 1.61. The van der Waals surface area contributed by atoms with Gasteiger partial charge in [-0.3, -0.25) is 4.79 Å². The molecule has 90 valence electrons. The molecule has 0 amide bonds. The number of rotatable bonds is 5. The first kappa shape index (κ1) is 14.9. The zero-order valence-corrected chi connectivity index (χ0v) is 11.4. The second-order valence-corrected chi connectivity index (χ2v) is 5.98. The van der Waals surface area contributed by atoms with Crippen LogP contribution in [0.3, 0.4) is 0 Å². The Kier molecular flexibility index (Phi) is 5.28. The summed E-state index contributed by atoms with van der Waals surface area (Å²) in [4.78, 5) is 11.7. The Balaban J connectivity index is 5.18. The third kappa shape index (κ3) is 3.46. The van der Waals surface area contributed by atoms with E-state index in [4.69, 9.17) is 16.3 Å². The zero-order chi connectivity index (χ0) is 12.3. The number of carbonyl (C=O) groups excluding carboxylic acids is 1. The van der Waals surface area contributed by atoms with Crippen molar-refractivity contribution in [1.82, 2.24) is 0 Å². The van der Waals surface area contributed by atoms with Crippen molar-refractivity contribution in [2.24, 2.45) is 16.7 Å². The number of hydrogen-bond acceptors (Lipinski definition) is 2. The summed E-state index contributed by atoms with van der Waals surface area (Å²) in [6.45, 7) is 10.7. The van der Waals surface area contributed by atoms with Crippen LogP contribution in [-0.4, -0.2) is 19.0 Å². The summed E-state index contributed by atoms with van der Waals surface area (Å²) in [6, 6.07) is 0. The van der Waals surface area contributed by atoms with Crippen LogP contribution in [0.25, 0.3) is 0 Å². The largest absolute Gasteiger partial charge is 0.384 e. The summed E-state index contributed by atoms with van der Waals surface area (Å²) in [5.74, 6) is 0.419. The fourth-order valence-corrected chi connectivity index (χ4v) is 2.37. The van der Waals surface area contributed by atoms with Crippen LogP contribution >= 0.6 is 11.6 Å². The maximum atomic E-state index is 11.7. The van der Waals surface area contributed by atoms with Gasteiger partial charge in [0.25, 0.3) is 0 Å². The van der Waals surface area contributed by atoms with Gasteiger partial charge >= 0.3 is 0 Å². The molecule has 0 aromatic carbocycles. The van der Waals surface area contributed by atoms with Gasteiger partial charge in [0, 0.05) is 7.11 Å². The normalized spacial score (nSPS) is 16.5. The first-order valence-electron chi connectivity index (χ1n) is 5.36. The van der Waals surface area contributed by atoms with Crippen LogP contribution in [0.15, 0.2) is 0 Å². The van der Waals surface area contributed by atoms with Crippen LogP contribution in [0.5, 0.6) is 0 Å². The average Bonchev–Trinajstić information content (AvgIpc) is 1.99. The molecule has 0 N–H and O–H groups in total.